The van der Waals surface area contributed by atoms with Crippen LogP contribution in [0.3, 0.4) is 0 Å². The smallest absolute Gasteiger partial charge is 0.307 e. The van der Waals surface area contributed by atoms with Crippen LogP contribution in [0.1, 0.15) is 13.3 Å². The number of ether oxygens (including phenoxy) is 3. The number of carbonyl (C=O) groups excluding carboxylic acids is 2. The van der Waals surface area contributed by atoms with E-state index in [1.54, 1.807) is 41.8 Å². The number of hydrogen-bond donors (Lipinski definition) is 0. The lowest BCUT2D eigenvalue weighted by atomic mass is 10.2. The molecule has 0 saturated heterocycles. The fourth-order valence-electron chi connectivity index (χ4n) is 3.36. The summed E-state index contributed by atoms with van der Waals surface area (Å²) in [7, 11) is -3.83. The van der Waals surface area contributed by atoms with E-state index in [1.165, 1.54) is 23.5 Å². The summed E-state index contributed by atoms with van der Waals surface area (Å²) < 4.78 is 43.9. The Kier molecular flexibility index (Phi) is 6.80. The number of aromatic nitrogens is 1. The van der Waals surface area contributed by atoms with Crippen molar-refractivity contribution >= 4 is 43.3 Å². The molecule has 174 valence electrons. The number of amides is 1. The maximum absolute atomic E-state index is 12.6. The largest absolute Gasteiger partial charge is 0.486 e. The maximum atomic E-state index is 12.6. The van der Waals surface area contributed by atoms with Gasteiger partial charge in [-0.15, -0.1) is 0 Å². The average molecular weight is 491 g/mol. The van der Waals surface area contributed by atoms with Crippen LogP contribution in [0.25, 0.3) is 10.2 Å². The quantitative estimate of drug-likeness (QED) is 0.467. The van der Waals surface area contributed by atoms with Gasteiger partial charge in [-0.25, -0.2) is 8.42 Å². The van der Waals surface area contributed by atoms with Crippen LogP contribution < -0.4 is 14.3 Å². The first-order chi connectivity index (χ1) is 15.9. The highest BCUT2D eigenvalue weighted by Gasteiger charge is 2.21. The van der Waals surface area contributed by atoms with Crippen molar-refractivity contribution < 1.29 is 32.2 Å². The Hall–Kier alpha value is -3.18. The molecule has 0 aliphatic carbocycles. The zero-order valence-corrected chi connectivity index (χ0v) is 19.5. The lowest BCUT2D eigenvalue weighted by molar-refractivity contribution is -0.143. The van der Waals surface area contributed by atoms with Gasteiger partial charge in [0, 0.05) is 18.7 Å². The molecule has 0 radical (unpaired) electrons. The van der Waals surface area contributed by atoms with Crippen molar-refractivity contribution in [3.63, 3.8) is 0 Å². The minimum absolute atomic E-state index is 0.0575. The van der Waals surface area contributed by atoms with Gasteiger partial charge in [0.25, 0.3) is 5.91 Å². The molecule has 1 aliphatic heterocycles. The summed E-state index contributed by atoms with van der Waals surface area (Å²) in [5.41, 5.74) is 0.700. The first-order valence-electron chi connectivity index (χ1n) is 10.3. The topological polar surface area (TPSA) is 113 Å². The van der Waals surface area contributed by atoms with E-state index in [-0.39, 0.29) is 35.2 Å². The molecule has 0 unspecified atom stereocenters. The lowest BCUT2D eigenvalue weighted by Crippen LogP contribution is -2.22. The van der Waals surface area contributed by atoms with Gasteiger partial charge in [0.05, 0.1) is 28.1 Å². The van der Waals surface area contributed by atoms with Crippen molar-refractivity contribution in [3.05, 3.63) is 47.3 Å². The third-order valence-electron chi connectivity index (χ3n) is 4.83. The molecule has 2 heterocycles. The van der Waals surface area contributed by atoms with E-state index in [4.69, 9.17) is 14.2 Å². The highest BCUT2D eigenvalue weighted by atomic mass is 32.2. The van der Waals surface area contributed by atoms with Crippen molar-refractivity contribution in [1.29, 1.82) is 0 Å². The highest BCUT2D eigenvalue weighted by molar-refractivity contribution is 7.92. The van der Waals surface area contributed by atoms with E-state index in [0.29, 0.717) is 30.2 Å². The van der Waals surface area contributed by atoms with Gasteiger partial charge >= 0.3 is 5.97 Å². The van der Waals surface area contributed by atoms with Gasteiger partial charge in [-0.05, 0) is 19.1 Å². The predicted molar refractivity (Wildman–Crippen MR) is 121 cm³/mol. The molecule has 2 aromatic carbocycles. The zero-order chi connectivity index (χ0) is 23.4. The number of nitrogens with zero attached hydrogens (tertiary/aromatic N) is 2. The lowest BCUT2D eigenvalue weighted by Gasteiger charge is -2.18. The molecule has 0 saturated carbocycles. The predicted octanol–water partition coefficient (Wildman–Crippen LogP) is 2.33. The number of benzene rings is 2. The van der Waals surface area contributed by atoms with Crippen LogP contribution in [0.2, 0.25) is 0 Å². The maximum Gasteiger partial charge on any atom is 0.307 e. The van der Waals surface area contributed by atoms with Crippen LogP contribution in [0.5, 0.6) is 11.5 Å². The molecular formula is C22H22N2O7S2. The Labute approximate surface area is 194 Å². The number of aryl methyl sites for hydroxylation is 1. The Balaban J connectivity index is 1.71. The second-order valence-electron chi connectivity index (χ2n) is 7.13. The first kappa shape index (κ1) is 23.0. The minimum Gasteiger partial charge on any atom is -0.486 e. The SMILES string of the molecule is CCOC(=O)CCn1c(=NC(=O)CS(=O)(=O)c2ccccc2)sc2cc3c(cc21)OCCO3. The number of thiazole rings is 1. The highest BCUT2D eigenvalue weighted by Crippen LogP contribution is 2.35. The fraction of sp³-hybridized carbons (Fsp3) is 0.318. The van der Waals surface area contributed by atoms with Gasteiger partial charge in [0.2, 0.25) is 0 Å². The molecule has 9 nitrogen and oxygen atoms in total. The van der Waals surface area contributed by atoms with Gasteiger partial charge in [0.15, 0.2) is 26.1 Å². The second kappa shape index (κ2) is 9.75. The Morgan fingerprint density at radius 3 is 2.52 bits per heavy atom. The Morgan fingerprint density at radius 2 is 1.82 bits per heavy atom. The van der Waals surface area contributed by atoms with E-state index < -0.39 is 21.5 Å². The van der Waals surface area contributed by atoms with E-state index in [1.807, 2.05) is 0 Å². The minimum atomic E-state index is -3.83. The van der Waals surface area contributed by atoms with Crippen molar-refractivity contribution in [2.75, 3.05) is 25.6 Å². The van der Waals surface area contributed by atoms with E-state index in [2.05, 4.69) is 4.99 Å². The molecular weight excluding hydrogens is 468 g/mol. The van der Waals surface area contributed by atoms with Gasteiger partial charge in [-0.1, -0.05) is 29.5 Å². The molecule has 0 spiro atoms. The van der Waals surface area contributed by atoms with Crippen LogP contribution in [-0.4, -0.2) is 50.4 Å². The fourth-order valence-corrected chi connectivity index (χ4v) is 5.57. The molecule has 0 bridgehead atoms. The molecule has 3 aromatic rings. The summed E-state index contributed by atoms with van der Waals surface area (Å²) in [6.45, 7) is 3.04. The summed E-state index contributed by atoms with van der Waals surface area (Å²) >= 11 is 1.20. The molecule has 4 rings (SSSR count). The van der Waals surface area contributed by atoms with E-state index in [0.717, 1.165) is 4.70 Å². The van der Waals surface area contributed by atoms with Crippen molar-refractivity contribution in [2.45, 2.75) is 24.8 Å². The number of fused-ring (bicyclic) bond motifs is 2. The zero-order valence-electron chi connectivity index (χ0n) is 17.9. The average Bonchev–Trinajstić information content (AvgIpc) is 3.12. The number of hydrogen-bond acceptors (Lipinski definition) is 8. The van der Waals surface area contributed by atoms with Crippen LogP contribution >= 0.6 is 11.3 Å². The normalized spacial score (nSPS) is 13.8. The van der Waals surface area contributed by atoms with Crippen LogP contribution in [0, 0.1) is 0 Å². The monoisotopic (exact) mass is 490 g/mol. The summed E-state index contributed by atoms with van der Waals surface area (Å²) in [5.74, 6) is -0.803. The van der Waals surface area contributed by atoms with Gasteiger partial charge in [-0.2, -0.15) is 4.99 Å². The van der Waals surface area contributed by atoms with Crippen LogP contribution in [0.15, 0.2) is 52.4 Å². The molecule has 0 fully saturated rings. The number of carbonyl (C=O) groups is 2. The van der Waals surface area contributed by atoms with Crippen LogP contribution in [-0.2, 0) is 30.7 Å². The van der Waals surface area contributed by atoms with Gasteiger partial charge < -0.3 is 18.8 Å². The van der Waals surface area contributed by atoms with Crippen LogP contribution in [0.4, 0.5) is 0 Å². The molecule has 1 amide bonds. The van der Waals surface area contributed by atoms with Gasteiger partial charge in [-0.3, -0.25) is 9.59 Å². The van der Waals surface area contributed by atoms with Crippen molar-refractivity contribution in [2.24, 2.45) is 4.99 Å². The summed E-state index contributed by atoms with van der Waals surface area (Å²) in [6.07, 6.45) is 0.0673. The molecule has 0 N–H and O–H groups in total. The van der Waals surface area contributed by atoms with E-state index >= 15 is 0 Å². The summed E-state index contributed by atoms with van der Waals surface area (Å²) in [5, 5.41) is 0. The first-order valence-corrected chi connectivity index (χ1v) is 12.8. The third kappa shape index (κ3) is 5.25. The Morgan fingerprint density at radius 1 is 1.12 bits per heavy atom. The molecule has 0 atom stereocenters. The Bertz CT molecular complexity index is 1360. The number of sulfone groups is 1. The molecule has 33 heavy (non-hydrogen) atoms. The van der Waals surface area contributed by atoms with Crippen molar-refractivity contribution in [1.82, 2.24) is 4.57 Å². The van der Waals surface area contributed by atoms with E-state index in [9.17, 15) is 18.0 Å². The third-order valence-corrected chi connectivity index (χ3v) is 7.49. The molecule has 1 aromatic heterocycles. The number of esters is 1. The molecule has 1 aliphatic rings. The number of rotatable bonds is 7. The molecule has 11 heteroatoms. The standard InChI is InChI=1S/C22H22N2O7S2/c1-2-29-21(26)8-9-24-16-12-17-18(31-11-10-30-17)13-19(16)32-22(24)23-20(25)14-33(27,28)15-6-4-3-5-7-15/h3-7,12-13H,2,8-11,14H2,1H3. The second-order valence-corrected chi connectivity index (χ2v) is 10.1. The summed E-state index contributed by atoms with van der Waals surface area (Å²) in [4.78, 5) is 29.0. The summed E-state index contributed by atoms with van der Waals surface area (Å²) in [6, 6.07) is 11.3. The van der Waals surface area contributed by atoms with Gasteiger partial charge in [0.1, 0.15) is 19.0 Å². The van der Waals surface area contributed by atoms with Crippen molar-refractivity contribution in [3.8, 4) is 11.5 Å².